The van der Waals surface area contributed by atoms with Gasteiger partial charge in [-0.2, -0.15) is 5.26 Å². The lowest BCUT2D eigenvalue weighted by molar-refractivity contribution is -0.113. The molecule has 5 nitrogen and oxygen atoms in total. The third-order valence-electron chi connectivity index (χ3n) is 1.07. The van der Waals surface area contributed by atoms with Crippen LogP contribution >= 0.6 is 0 Å². The Morgan fingerprint density at radius 1 is 1.50 bits per heavy atom. The summed E-state index contributed by atoms with van der Waals surface area (Å²) in [4.78, 5) is 21.2. The number of allylic oxidation sites excluding steroid dienone is 1. The van der Waals surface area contributed by atoms with Crippen LogP contribution in [0.5, 0.6) is 0 Å². The molecule has 0 atom stereocenters. The highest BCUT2D eigenvalue weighted by Gasteiger charge is 2.01. The summed E-state index contributed by atoms with van der Waals surface area (Å²) < 4.78 is 0. The predicted octanol–water partition coefficient (Wildman–Crippen LogP) is -0.0881. The lowest BCUT2D eigenvalue weighted by atomic mass is 10.2. The lowest BCUT2D eigenvalue weighted by Crippen LogP contribution is -2.29. The second kappa shape index (κ2) is 4.91. The molecular formula is C7H9N3O2. The maximum Gasteiger partial charge on any atom is 0.318 e. The summed E-state index contributed by atoms with van der Waals surface area (Å²) in [7, 11) is 1.43. The van der Waals surface area contributed by atoms with E-state index in [2.05, 4.69) is 10.6 Å². The van der Waals surface area contributed by atoms with Crippen molar-refractivity contribution >= 4 is 11.8 Å². The van der Waals surface area contributed by atoms with Crippen molar-refractivity contribution in [3.05, 3.63) is 11.8 Å². The summed E-state index contributed by atoms with van der Waals surface area (Å²) in [6.07, 6.45) is 1.07. The number of nitrogens with one attached hydrogen (secondary N) is 2. The van der Waals surface area contributed by atoms with Crippen LogP contribution in [0.4, 0.5) is 4.79 Å². The van der Waals surface area contributed by atoms with Crippen molar-refractivity contribution in [2.45, 2.75) is 6.92 Å². The predicted molar refractivity (Wildman–Crippen MR) is 42.0 cm³/mol. The van der Waals surface area contributed by atoms with Crippen molar-refractivity contribution in [3.8, 4) is 6.07 Å². The second-order valence-electron chi connectivity index (χ2n) is 1.95. The van der Waals surface area contributed by atoms with E-state index < -0.39 is 6.03 Å². The van der Waals surface area contributed by atoms with E-state index in [4.69, 9.17) is 5.26 Å². The molecule has 0 aliphatic heterocycles. The summed E-state index contributed by atoms with van der Waals surface area (Å²) >= 11 is 0. The largest absolute Gasteiger partial charge is 0.341 e. The minimum absolute atomic E-state index is 0.0846. The van der Waals surface area contributed by atoms with Crippen LogP contribution in [0, 0.1) is 11.3 Å². The molecule has 0 aliphatic carbocycles. The highest BCUT2D eigenvalue weighted by molar-refractivity contribution is 5.97. The number of carbonyl (C=O) groups excluding carboxylic acids is 2. The standard InChI is InChI=1S/C7H9N3O2/c1-5(11)6(3-8)4-10-7(12)9-2/h4H,1-2H3,(H2,9,10,12)/b6-4-. The number of nitrogens with zero attached hydrogens (tertiary/aromatic N) is 1. The highest BCUT2D eigenvalue weighted by Crippen LogP contribution is 1.90. The van der Waals surface area contributed by atoms with Crippen LogP contribution in [0.25, 0.3) is 0 Å². The first-order chi connectivity index (χ1) is 5.61. The fraction of sp³-hybridized carbons (Fsp3) is 0.286. The lowest BCUT2D eigenvalue weighted by Gasteiger charge is -1.96. The van der Waals surface area contributed by atoms with Crippen LogP contribution in [-0.2, 0) is 4.79 Å². The molecule has 2 N–H and O–H groups in total. The number of rotatable bonds is 2. The zero-order valence-corrected chi connectivity index (χ0v) is 6.84. The average molecular weight is 167 g/mol. The van der Waals surface area contributed by atoms with E-state index in [0.29, 0.717) is 0 Å². The molecule has 0 radical (unpaired) electrons. The molecule has 2 amide bonds. The molecular weight excluding hydrogens is 158 g/mol. The van der Waals surface area contributed by atoms with Crippen LogP contribution in [0.1, 0.15) is 6.92 Å². The Labute approximate surface area is 70.1 Å². The van der Waals surface area contributed by atoms with Gasteiger partial charge in [0, 0.05) is 13.2 Å². The molecule has 0 heterocycles. The Kier molecular flexibility index (Phi) is 4.16. The molecule has 0 aromatic heterocycles. The fourth-order valence-electron chi connectivity index (χ4n) is 0.423. The van der Waals surface area contributed by atoms with Gasteiger partial charge in [-0.05, 0) is 6.92 Å². The van der Waals surface area contributed by atoms with Gasteiger partial charge in [0.1, 0.15) is 11.6 Å². The number of amides is 2. The topological polar surface area (TPSA) is 82.0 Å². The number of urea groups is 1. The van der Waals surface area contributed by atoms with Gasteiger partial charge in [0.25, 0.3) is 0 Å². The molecule has 0 aromatic rings. The van der Waals surface area contributed by atoms with Crippen molar-refractivity contribution in [2.24, 2.45) is 0 Å². The quantitative estimate of drug-likeness (QED) is 0.445. The van der Waals surface area contributed by atoms with E-state index in [1.165, 1.54) is 14.0 Å². The van der Waals surface area contributed by atoms with Gasteiger partial charge in [-0.3, -0.25) is 4.79 Å². The van der Waals surface area contributed by atoms with Gasteiger partial charge in [-0.1, -0.05) is 0 Å². The fourth-order valence-corrected chi connectivity index (χ4v) is 0.423. The normalized spacial score (nSPS) is 9.92. The molecule has 0 saturated carbocycles. The molecule has 0 bridgehead atoms. The molecule has 0 spiro atoms. The SMILES string of the molecule is CNC(=O)N/C=C(/C#N)C(C)=O. The van der Waals surface area contributed by atoms with Gasteiger partial charge in [0.15, 0.2) is 5.78 Å². The van der Waals surface area contributed by atoms with Gasteiger partial charge in [-0.25, -0.2) is 4.79 Å². The van der Waals surface area contributed by atoms with Crippen molar-refractivity contribution in [1.29, 1.82) is 5.26 Å². The zero-order valence-electron chi connectivity index (χ0n) is 6.84. The van der Waals surface area contributed by atoms with E-state index >= 15 is 0 Å². The van der Waals surface area contributed by atoms with E-state index in [9.17, 15) is 9.59 Å². The molecule has 0 aliphatic rings. The number of Topliss-reactive ketones (excluding diaryl/α,β-unsaturated/α-hetero) is 1. The Bertz CT molecular complexity index is 262. The Balaban J connectivity index is 4.25. The smallest absolute Gasteiger partial charge is 0.318 e. The molecule has 12 heavy (non-hydrogen) atoms. The van der Waals surface area contributed by atoms with E-state index in [1.807, 2.05) is 0 Å². The first-order valence-corrected chi connectivity index (χ1v) is 3.21. The summed E-state index contributed by atoms with van der Waals surface area (Å²) in [5.41, 5.74) is -0.0846. The Morgan fingerprint density at radius 3 is 2.42 bits per heavy atom. The number of ketones is 1. The molecule has 0 aromatic carbocycles. The van der Waals surface area contributed by atoms with Crippen molar-refractivity contribution < 1.29 is 9.59 Å². The van der Waals surface area contributed by atoms with Crippen LogP contribution in [0.3, 0.4) is 0 Å². The van der Waals surface area contributed by atoms with Gasteiger partial charge in [0.05, 0.1) is 0 Å². The minimum atomic E-state index is -0.469. The maximum absolute atomic E-state index is 10.6. The summed E-state index contributed by atoms with van der Waals surface area (Å²) in [6, 6.07) is 1.18. The summed E-state index contributed by atoms with van der Waals surface area (Å²) in [5, 5.41) is 12.8. The molecule has 64 valence electrons. The molecule has 5 heteroatoms. The maximum atomic E-state index is 10.6. The second-order valence-corrected chi connectivity index (χ2v) is 1.95. The third-order valence-corrected chi connectivity index (χ3v) is 1.07. The van der Waals surface area contributed by atoms with Gasteiger partial charge in [0.2, 0.25) is 0 Å². The molecule has 0 saturated heterocycles. The van der Waals surface area contributed by atoms with Crippen molar-refractivity contribution in [3.63, 3.8) is 0 Å². The van der Waals surface area contributed by atoms with E-state index in [0.717, 1.165) is 6.20 Å². The van der Waals surface area contributed by atoms with Crippen molar-refractivity contribution in [1.82, 2.24) is 10.6 Å². The molecule has 0 unspecified atom stereocenters. The number of hydrogen-bond donors (Lipinski definition) is 2. The first kappa shape index (κ1) is 10.2. The van der Waals surface area contributed by atoms with Crippen LogP contribution in [-0.4, -0.2) is 18.9 Å². The highest BCUT2D eigenvalue weighted by atomic mass is 16.2. The zero-order chi connectivity index (χ0) is 9.56. The van der Waals surface area contributed by atoms with Crippen LogP contribution in [0.2, 0.25) is 0 Å². The summed E-state index contributed by atoms with van der Waals surface area (Å²) in [6.45, 7) is 1.25. The first-order valence-electron chi connectivity index (χ1n) is 3.21. The van der Waals surface area contributed by atoms with Crippen molar-refractivity contribution in [2.75, 3.05) is 7.05 Å². The third kappa shape index (κ3) is 3.37. The average Bonchev–Trinajstić information content (AvgIpc) is 2.04. The molecule has 0 fully saturated rings. The van der Waals surface area contributed by atoms with Gasteiger partial charge < -0.3 is 10.6 Å². The number of carbonyl (C=O) groups is 2. The van der Waals surface area contributed by atoms with Crippen LogP contribution in [0.15, 0.2) is 11.8 Å². The van der Waals surface area contributed by atoms with Crippen LogP contribution < -0.4 is 10.6 Å². The summed E-state index contributed by atoms with van der Waals surface area (Å²) in [5.74, 6) is -0.381. The Morgan fingerprint density at radius 2 is 2.08 bits per heavy atom. The number of nitriles is 1. The van der Waals surface area contributed by atoms with E-state index in [-0.39, 0.29) is 11.4 Å². The number of hydrogen-bond acceptors (Lipinski definition) is 3. The van der Waals surface area contributed by atoms with E-state index in [1.54, 1.807) is 6.07 Å². The Hall–Kier alpha value is -1.83. The van der Waals surface area contributed by atoms with Gasteiger partial charge >= 0.3 is 6.03 Å². The monoisotopic (exact) mass is 167 g/mol. The van der Waals surface area contributed by atoms with Gasteiger partial charge in [-0.15, -0.1) is 0 Å². The minimum Gasteiger partial charge on any atom is -0.341 e. The molecule has 0 rings (SSSR count).